The van der Waals surface area contributed by atoms with Gasteiger partial charge in [0.25, 0.3) is 5.91 Å². The van der Waals surface area contributed by atoms with Gasteiger partial charge in [-0.05, 0) is 19.1 Å². The molecule has 9 heteroatoms. The first-order valence-electron chi connectivity index (χ1n) is 4.86. The molecule has 0 aliphatic rings. The van der Waals surface area contributed by atoms with Crippen molar-refractivity contribution in [2.45, 2.75) is 18.9 Å². The third kappa shape index (κ3) is 2.99. The predicted octanol–water partition coefficient (Wildman–Crippen LogP) is 0.837. The zero-order valence-corrected chi connectivity index (χ0v) is 9.55. The molecule has 1 amide bonds. The van der Waals surface area contributed by atoms with Crippen molar-refractivity contribution in [3.05, 3.63) is 30.1 Å². The zero-order chi connectivity index (χ0) is 14.8. The minimum absolute atomic E-state index is 0.351. The predicted molar refractivity (Wildman–Crippen MR) is 54.7 cm³/mol. The molecule has 0 fully saturated rings. The first-order chi connectivity index (χ1) is 8.58. The third-order valence-electron chi connectivity index (χ3n) is 2.18. The van der Waals surface area contributed by atoms with Crippen LogP contribution in [0.25, 0.3) is 0 Å². The number of nitrogens with zero attached hydrogens (tertiary/aromatic N) is 2. The number of aliphatic hydroxyl groups is 1. The standard InChI is InChI=1S/C10H9F3N2O4/c1-9(19,8(17)18)15(10(11,12)13)7(16)6-4-2-3-5-14-6/h2-5,19H,1H3,(H,17,18). The van der Waals surface area contributed by atoms with Crippen LogP contribution < -0.4 is 0 Å². The van der Waals surface area contributed by atoms with Crippen molar-refractivity contribution < 1.29 is 33.0 Å². The lowest BCUT2D eigenvalue weighted by Crippen LogP contribution is -2.61. The Morgan fingerprint density at radius 1 is 1.32 bits per heavy atom. The maximum Gasteiger partial charge on any atom is 0.490 e. The molecule has 1 unspecified atom stereocenters. The Hall–Kier alpha value is -2.16. The van der Waals surface area contributed by atoms with Crippen LogP contribution in [0.15, 0.2) is 24.4 Å². The van der Waals surface area contributed by atoms with E-state index in [0.717, 1.165) is 12.3 Å². The van der Waals surface area contributed by atoms with Crippen molar-refractivity contribution in [1.29, 1.82) is 0 Å². The molecular formula is C10H9F3N2O4. The third-order valence-corrected chi connectivity index (χ3v) is 2.18. The smallest absolute Gasteiger partial charge is 0.478 e. The molecular weight excluding hydrogens is 269 g/mol. The monoisotopic (exact) mass is 278 g/mol. The summed E-state index contributed by atoms with van der Waals surface area (Å²) in [5.74, 6) is -3.98. The van der Waals surface area contributed by atoms with Crippen molar-refractivity contribution in [3.63, 3.8) is 0 Å². The summed E-state index contributed by atoms with van der Waals surface area (Å²) in [6.45, 7) is 0.351. The molecule has 1 aromatic rings. The van der Waals surface area contributed by atoms with Gasteiger partial charge < -0.3 is 10.2 Å². The lowest BCUT2D eigenvalue weighted by molar-refractivity contribution is -0.285. The molecule has 0 spiro atoms. The molecule has 6 nitrogen and oxygen atoms in total. The topological polar surface area (TPSA) is 90.7 Å². The molecule has 1 heterocycles. The first kappa shape index (κ1) is 14.9. The van der Waals surface area contributed by atoms with Gasteiger partial charge in [-0.15, -0.1) is 13.2 Å². The van der Waals surface area contributed by atoms with E-state index in [0.29, 0.717) is 6.92 Å². The van der Waals surface area contributed by atoms with Crippen LogP contribution >= 0.6 is 0 Å². The number of carboxylic acid groups (broad SMARTS) is 1. The number of aliphatic carboxylic acids is 1. The van der Waals surface area contributed by atoms with E-state index in [1.807, 2.05) is 0 Å². The minimum atomic E-state index is -5.38. The van der Waals surface area contributed by atoms with Crippen LogP contribution in [0.4, 0.5) is 13.2 Å². The van der Waals surface area contributed by atoms with E-state index >= 15 is 0 Å². The van der Waals surface area contributed by atoms with Crippen molar-refractivity contribution in [2.24, 2.45) is 0 Å². The van der Waals surface area contributed by atoms with Gasteiger partial charge in [-0.1, -0.05) is 6.07 Å². The minimum Gasteiger partial charge on any atom is -0.478 e. The molecule has 0 saturated heterocycles. The van der Waals surface area contributed by atoms with Gasteiger partial charge in [0.15, 0.2) is 0 Å². The summed E-state index contributed by atoms with van der Waals surface area (Å²) < 4.78 is 38.3. The molecule has 0 radical (unpaired) electrons. The first-order valence-corrected chi connectivity index (χ1v) is 4.86. The van der Waals surface area contributed by atoms with Crippen LogP contribution in [0.2, 0.25) is 0 Å². The van der Waals surface area contributed by atoms with E-state index in [4.69, 9.17) is 5.11 Å². The summed E-state index contributed by atoms with van der Waals surface area (Å²) in [6, 6.07) is 3.59. The van der Waals surface area contributed by atoms with Crippen LogP contribution in [0.5, 0.6) is 0 Å². The SMILES string of the molecule is CC(O)(C(=O)O)N(C(=O)c1ccccn1)C(F)(F)F. The number of pyridine rings is 1. The summed E-state index contributed by atoms with van der Waals surface area (Å²) in [6.07, 6.45) is -4.31. The summed E-state index contributed by atoms with van der Waals surface area (Å²) in [5.41, 5.74) is -4.08. The van der Waals surface area contributed by atoms with Gasteiger partial charge >= 0.3 is 12.3 Å². The molecule has 104 valence electrons. The fourth-order valence-corrected chi connectivity index (χ4v) is 1.26. The molecule has 0 aliphatic heterocycles. The molecule has 2 N–H and O–H groups in total. The van der Waals surface area contributed by atoms with Crippen LogP contribution in [-0.4, -0.2) is 44.0 Å². The number of hydrogen-bond donors (Lipinski definition) is 2. The van der Waals surface area contributed by atoms with Crippen molar-refractivity contribution in [1.82, 2.24) is 9.88 Å². The largest absolute Gasteiger partial charge is 0.490 e. The lowest BCUT2D eigenvalue weighted by atomic mass is 10.2. The normalized spacial score (nSPS) is 14.6. The number of carboxylic acids is 1. The van der Waals surface area contributed by atoms with Gasteiger partial charge in [-0.3, -0.25) is 9.78 Å². The number of hydrogen-bond acceptors (Lipinski definition) is 4. The van der Waals surface area contributed by atoms with E-state index in [1.54, 1.807) is 0 Å². The highest BCUT2D eigenvalue weighted by Gasteiger charge is 2.55. The van der Waals surface area contributed by atoms with Gasteiger partial charge in [0.05, 0.1) is 0 Å². The second kappa shape index (κ2) is 4.84. The molecule has 1 atom stereocenters. The highest BCUT2D eigenvalue weighted by Crippen LogP contribution is 2.30. The Balaban J connectivity index is 3.28. The summed E-state index contributed by atoms with van der Waals surface area (Å²) in [7, 11) is 0. The average Bonchev–Trinajstić information content (AvgIpc) is 2.27. The van der Waals surface area contributed by atoms with E-state index in [1.165, 1.54) is 12.1 Å². The Morgan fingerprint density at radius 2 is 1.89 bits per heavy atom. The summed E-state index contributed by atoms with van der Waals surface area (Å²) in [4.78, 5) is 24.6. The number of alkyl halides is 3. The number of carbonyl (C=O) groups is 2. The number of aromatic nitrogens is 1. The molecule has 0 saturated carbocycles. The van der Waals surface area contributed by atoms with Gasteiger partial charge in [0.2, 0.25) is 5.72 Å². The second-order valence-corrected chi connectivity index (χ2v) is 3.65. The molecule has 0 aliphatic carbocycles. The Morgan fingerprint density at radius 3 is 2.26 bits per heavy atom. The Labute approximate surface area is 105 Å². The van der Waals surface area contributed by atoms with Crippen LogP contribution in [0, 0.1) is 0 Å². The fraction of sp³-hybridized carbons (Fsp3) is 0.300. The molecule has 1 aromatic heterocycles. The Kier molecular flexibility index (Phi) is 3.80. The van der Waals surface area contributed by atoms with Gasteiger partial charge in [-0.25, -0.2) is 9.69 Å². The van der Waals surface area contributed by atoms with Gasteiger partial charge in [0.1, 0.15) is 5.69 Å². The second-order valence-electron chi connectivity index (χ2n) is 3.65. The van der Waals surface area contributed by atoms with Gasteiger partial charge in [-0.2, -0.15) is 0 Å². The highest BCUT2D eigenvalue weighted by atomic mass is 19.4. The fourth-order valence-electron chi connectivity index (χ4n) is 1.26. The van der Waals surface area contributed by atoms with Crippen molar-refractivity contribution >= 4 is 11.9 Å². The maximum atomic E-state index is 12.8. The molecule has 0 aromatic carbocycles. The van der Waals surface area contributed by atoms with E-state index in [9.17, 15) is 27.9 Å². The van der Waals surface area contributed by atoms with E-state index in [2.05, 4.69) is 4.98 Å². The highest BCUT2D eigenvalue weighted by molar-refractivity contribution is 5.95. The average molecular weight is 278 g/mol. The van der Waals surface area contributed by atoms with Crippen molar-refractivity contribution in [2.75, 3.05) is 0 Å². The molecule has 19 heavy (non-hydrogen) atoms. The van der Waals surface area contributed by atoms with Gasteiger partial charge in [0, 0.05) is 6.20 Å². The van der Waals surface area contributed by atoms with E-state index < -0.39 is 34.5 Å². The molecule has 0 bridgehead atoms. The van der Waals surface area contributed by atoms with Crippen LogP contribution in [-0.2, 0) is 4.79 Å². The van der Waals surface area contributed by atoms with Crippen molar-refractivity contribution in [3.8, 4) is 0 Å². The number of amides is 1. The van der Waals surface area contributed by atoms with Crippen LogP contribution in [0.3, 0.4) is 0 Å². The van der Waals surface area contributed by atoms with Crippen LogP contribution in [0.1, 0.15) is 17.4 Å². The summed E-state index contributed by atoms with van der Waals surface area (Å²) in [5, 5.41) is 18.0. The number of halogens is 3. The summed E-state index contributed by atoms with van der Waals surface area (Å²) >= 11 is 0. The van der Waals surface area contributed by atoms with E-state index in [-0.39, 0.29) is 0 Å². The maximum absolute atomic E-state index is 12.8. The lowest BCUT2D eigenvalue weighted by Gasteiger charge is -2.34. The Bertz CT molecular complexity index is 487. The number of carbonyl (C=O) groups excluding carboxylic acids is 1. The zero-order valence-electron chi connectivity index (χ0n) is 9.55. The molecule has 1 rings (SSSR count). The quantitative estimate of drug-likeness (QED) is 0.631. The number of rotatable bonds is 3.